The normalized spacial score (nSPS) is 20.2. The molecular formula is C17H16Cl2N4O2S. The maximum atomic E-state index is 12.8. The number of hydrogen-bond acceptors (Lipinski definition) is 5. The Kier molecular flexibility index (Phi) is 5.07. The highest BCUT2D eigenvalue weighted by Crippen LogP contribution is 2.30. The first kappa shape index (κ1) is 18.8. The molecule has 1 atom stereocenters. The molecule has 0 saturated heterocycles. The second-order valence-electron chi connectivity index (χ2n) is 5.78. The van der Waals surface area contributed by atoms with E-state index in [0.29, 0.717) is 5.56 Å². The average Bonchev–Trinajstić information content (AvgIpc) is 2.93. The minimum absolute atomic E-state index is 0.0487. The van der Waals surface area contributed by atoms with Gasteiger partial charge in [-0.25, -0.2) is 18.4 Å². The lowest BCUT2D eigenvalue weighted by atomic mass is 10.2. The molecule has 3 rings (SSSR count). The van der Waals surface area contributed by atoms with Gasteiger partial charge >= 0.3 is 0 Å². The van der Waals surface area contributed by atoms with E-state index in [-0.39, 0.29) is 16.6 Å². The molecule has 1 heterocycles. The number of nitrogens with zero attached hydrogens (tertiary/aromatic N) is 2. The summed E-state index contributed by atoms with van der Waals surface area (Å²) in [6.07, 6.45) is 0. The van der Waals surface area contributed by atoms with E-state index in [1.54, 1.807) is 36.4 Å². The lowest BCUT2D eigenvalue weighted by Gasteiger charge is -2.28. The molecule has 0 saturated carbocycles. The molecule has 3 N–H and O–H groups in total. The Morgan fingerprint density at radius 3 is 2.27 bits per heavy atom. The molecule has 0 radical (unpaired) electrons. The van der Waals surface area contributed by atoms with Crippen LogP contribution < -0.4 is 10.5 Å². The van der Waals surface area contributed by atoms with Crippen LogP contribution >= 0.6 is 23.2 Å². The van der Waals surface area contributed by atoms with Crippen molar-refractivity contribution in [3.05, 3.63) is 65.7 Å². The Balaban J connectivity index is 2.03. The van der Waals surface area contributed by atoms with Crippen molar-refractivity contribution in [2.45, 2.75) is 22.3 Å². The van der Waals surface area contributed by atoms with E-state index < -0.39 is 20.5 Å². The fraction of sp³-hybridized carbons (Fsp3) is 0.176. The van der Waals surface area contributed by atoms with Gasteiger partial charge in [0, 0.05) is 5.56 Å². The van der Waals surface area contributed by atoms with Gasteiger partial charge in [-0.1, -0.05) is 48.0 Å². The summed E-state index contributed by atoms with van der Waals surface area (Å²) in [6.45, 7) is 1.86. The molecule has 0 aliphatic carbocycles. The predicted octanol–water partition coefficient (Wildman–Crippen LogP) is 2.59. The summed E-state index contributed by atoms with van der Waals surface area (Å²) in [4.78, 5) is 7.27. The minimum Gasteiger partial charge on any atom is -0.384 e. The summed E-state index contributed by atoms with van der Waals surface area (Å²) in [5.41, 5.74) is 5.81. The summed E-state index contributed by atoms with van der Waals surface area (Å²) >= 11 is 12.2. The van der Waals surface area contributed by atoms with Gasteiger partial charge in [-0.2, -0.15) is 4.72 Å². The topological polar surface area (TPSA) is 96.9 Å². The summed E-state index contributed by atoms with van der Waals surface area (Å²) in [6, 6.07) is 15.3. The van der Waals surface area contributed by atoms with Crippen molar-refractivity contribution in [1.29, 1.82) is 0 Å². The molecule has 1 aliphatic heterocycles. The van der Waals surface area contributed by atoms with E-state index >= 15 is 0 Å². The number of amidine groups is 2. The molecule has 136 valence electrons. The first-order chi connectivity index (χ1) is 12.2. The third kappa shape index (κ3) is 3.48. The van der Waals surface area contributed by atoms with Crippen LogP contribution in [0.3, 0.4) is 0 Å². The summed E-state index contributed by atoms with van der Waals surface area (Å²) in [5, 5.41) is 0. The molecule has 0 unspecified atom stereocenters. The van der Waals surface area contributed by atoms with E-state index in [4.69, 9.17) is 28.9 Å². The van der Waals surface area contributed by atoms with Crippen molar-refractivity contribution >= 4 is 44.9 Å². The molecule has 6 nitrogen and oxygen atoms in total. The fourth-order valence-electron chi connectivity index (χ4n) is 2.43. The first-order valence-electron chi connectivity index (χ1n) is 7.63. The lowest BCUT2D eigenvalue weighted by molar-refractivity contribution is 0.529. The molecule has 9 heteroatoms. The van der Waals surface area contributed by atoms with Crippen molar-refractivity contribution in [2.75, 3.05) is 0 Å². The lowest BCUT2D eigenvalue weighted by Crippen LogP contribution is -2.58. The molecule has 2 aromatic rings. The molecule has 0 amide bonds. The van der Waals surface area contributed by atoms with Crippen LogP contribution in [-0.4, -0.2) is 30.6 Å². The maximum Gasteiger partial charge on any atom is 0.243 e. The van der Waals surface area contributed by atoms with E-state index in [0.717, 1.165) is 5.56 Å². The van der Waals surface area contributed by atoms with Gasteiger partial charge in [0.15, 0.2) is 10.7 Å². The van der Waals surface area contributed by atoms with Crippen LogP contribution in [-0.2, 0) is 10.0 Å². The smallest absolute Gasteiger partial charge is 0.243 e. The molecule has 0 bridgehead atoms. The Morgan fingerprint density at radius 2 is 1.69 bits per heavy atom. The Labute approximate surface area is 161 Å². The Morgan fingerprint density at radius 1 is 1.08 bits per heavy atom. The van der Waals surface area contributed by atoms with Gasteiger partial charge in [0.1, 0.15) is 5.84 Å². The molecule has 26 heavy (non-hydrogen) atoms. The van der Waals surface area contributed by atoms with Gasteiger partial charge < -0.3 is 5.73 Å². The zero-order valence-electron chi connectivity index (χ0n) is 13.7. The van der Waals surface area contributed by atoms with Crippen molar-refractivity contribution < 1.29 is 8.42 Å². The number of nitrogens with one attached hydrogen (secondary N) is 1. The van der Waals surface area contributed by atoms with Gasteiger partial charge in [0.05, 0.1) is 4.90 Å². The van der Waals surface area contributed by atoms with Crippen LogP contribution in [0, 0.1) is 6.92 Å². The van der Waals surface area contributed by atoms with Gasteiger partial charge in [0.25, 0.3) is 0 Å². The molecule has 1 aliphatic rings. The third-order valence-electron chi connectivity index (χ3n) is 3.87. The number of hydrogen-bond donors (Lipinski definition) is 2. The highest BCUT2D eigenvalue weighted by molar-refractivity contribution is 7.89. The number of alkyl halides is 2. The highest BCUT2D eigenvalue weighted by Gasteiger charge is 2.48. The fourth-order valence-corrected chi connectivity index (χ4v) is 4.28. The number of benzene rings is 2. The number of halogens is 2. The van der Waals surface area contributed by atoms with Crippen LogP contribution in [0.15, 0.2) is 69.5 Å². The molecular weight excluding hydrogens is 395 g/mol. The number of sulfonamides is 1. The van der Waals surface area contributed by atoms with Gasteiger partial charge in [-0.05, 0) is 19.1 Å². The standard InChI is InChI=1S/C17H16Cl2N4O2S/c1-11-7-9-13(10-8-11)26(24,25)23-17(15(18)19)16(20)21-14(22-17)12-5-3-2-4-6-12/h2-10,15,23H,1H3,(H2,20,21,22)/t17-/m1/s1. The van der Waals surface area contributed by atoms with Gasteiger partial charge in [0.2, 0.25) is 15.7 Å². The van der Waals surface area contributed by atoms with Crippen LogP contribution in [0.5, 0.6) is 0 Å². The summed E-state index contributed by atoms with van der Waals surface area (Å²) < 4.78 is 28.0. The van der Waals surface area contributed by atoms with Crippen molar-refractivity contribution in [2.24, 2.45) is 15.7 Å². The number of rotatable bonds is 5. The van der Waals surface area contributed by atoms with Crippen LogP contribution in [0.1, 0.15) is 11.1 Å². The minimum atomic E-state index is -3.99. The van der Waals surface area contributed by atoms with Crippen LogP contribution in [0.4, 0.5) is 0 Å². The second-order valence-corrected chi connectivity index (χ2v) is 8.56. The molecule has 0 spiro atoms. The molecule has 0 aromatic heterocycles. The summed E-state index contributed by atoms with van der Waals surface area (Å²) in [5.74, 6) is 0.128. The van der Waals surface area contributed by atoms with E-state index in [1.807, 2.05) is 13.0 Å². The quantitative estimate of drug-likeness (QED) is 0.741. The Bertz CT molecular complexity index is 974. The van der Waals surface area contributed by atoms with Gasteiger partial charge in [-0.15, -0.1) is 23.2 Å². The SMILES string of the molecule is Cc1ccc(S(=O)(=O)N[C@@]2(C(Cl)Cl)N=C(c3ccccc3)N=C2N)cc1. The monoisotopic (exact) mass is 410 g/mol. The van der Waals surface area contributed by atoms with Crippen LogP contribution in [0.2, 0.25) is 0 Å². The third-order valence-corrected chi connectivity index (χ3v) is 5.97. The zero-order chi connectivity index (χ0) is 18.9. The van der Waals surface area contributed by atoms with Gasteiger partial charge in [-0.3, -0.25) is 0 Å². The predicted molar refractivity (Wildman–Crippen MR) is 104 cm³/mol. The largest absolute Gasteiger partial charge is 0.384 e. The summed E-state index contributed by atoms with van der Waals surface area (Å²) in [7, 11) is -3.99. The van der Waals surface area contributed by atoms with Crippen LogP contribution in [0.25, 0.3) is 0 Å². The number of aryl methyl sites for hydroxylation is 1. The van der Waals surface area contributed by atoms with Crippen molar-refractivity contribution in [3.63, 3.8) is 0 Å². The van der Waals surface area contributed by atoms with E-state index in [1.165, 1.54) is 12.1 Å². The molecule has 2 aromatic carbocycles. The zero-order valence-corrected chi connectivity index (χ0v) is 16.1. The molecule has 0 fully saturated rings. The van der Waals surface area contributed by atoms with E-state index in [2.05, 4.69) is 14.7 Å². The van der Waals surface area contributed by atoms with E-state index in [9.17, 15) is 8.42 Å². The first-order valence-corrected chi connectivity index (χ1v) is 9.99. The number of nitrogens with two attached hydrogens (primary N) is 1. The van der Waals surface area contributed by atoms with Crippen molar-refractivity contribution in [3.8, 4) is 0 Å². The Hall–Kier alpha value is -1.93. The average molecular weight is 411 g/mol. The van der Waals surface area contributed by atoms with Crippen molar-refractivity contribution in [1.82, 2.24) is 4.72 Å². The second kappa shape index (κ2) is 7.00. The highest BCUT2D eigenvalue weighted by atomic mass is 35.5. The number of aliphatic imine (C=N–C) groups is 2. The maximum absolute atomic E-state index is 12.8.